The minimum Gasteiger partial charge on any atom is -0.391 e. The van der Waals surface area contributed by atoms with E-state index in [-0.39, 0.29) is 11.6 Å². The van der Waals surface area contributed by atoms with Gasteiger partial charge in [0.25, 0.3) is 0 Å². The van der Waals surface area contributed by atoms with Gasteiger partial charge in [-0.05, 0) is 44.7 Å². The van der Waals surface area contributed by atoms with Gasteiger partial charge in [0, 0.05) is 37.9 Å². The first-order valence-corrected chi connectivity index (χ1v) is 8.64. The van der Waals surface area contributed by atoms with Crippen molar-refractivity contribution < 1.29 is 5.11 Å². The molecule has 1 aromatic heterocycles. The summed E-state index contributed by atoms with van der Waals surface area (Å²) in [6.45, 7) is 6.26. The number of aromatic nitrogens is 1. The number of anilines is 1. The normalized spacial score (nSPS) is 24.5. The first-order chi connectivity index (χ1) is 10.5. The monoisotopic (exact) mass is 303 g/mol. The van der Waals surface area contributed by atoms with E-state index in [2.05, 4.69) is 47.8 Å². The smallest absolute Gasteiger partial charge is 0.128 e. The Morgan fingerprint density at radius 2 is 2.09 bits per heavy atom. The molecule has 1 saturated heterocycles. The van der Waals surface area contributed by atoms with E-state index in [4.69, 9.17) is 0 Å². The van der Waals surface area contributed by atoms with Gasteiger partial charge in [-0.25, -0.2) is 4.98 Å². The molecule has 1 N–H and O–H groups in total. The van der Waals surface area contributed by atoms with Gasteiger partial charge < -0.3 is 10.0 Å². The maximum absolute atomic E-state index is 10.4. The van der Waals surface area contributed by atoms with E-state index < -0.39 is 0 Å². The molecule has 1 aromatic rings. The Morgan fingerprint density at radius 1 is 1.36 bits per heavy atom. The summed E-state index contributed by atoms with van der Waals surface area (Å²) in [5.41, 5.74) is 1.30. The zero-order valence-electron chi connectivity index (χ0n) is 14.1. The van der Waals surface area contributed by atoms with Crippen molar-refractivity contribution in [1.82, 2.24) is 9.88 Å². The number of likely N-dealkylation sites (tertiary alicyclic amines) is 1. The number of hydrogen-bond acceptors (Lipinski definition) is 4. The van der Waals surface area contributed by atoms with Gasteiger partial charge in [0.05, 0.1) is 6.10 Å². The van der Waals surface area contributed by atoms with Crippen LogP contribution in [0.4, 0.5) is 5.82 Å². The van der Waals surface area contributed by atoms with E-state index in [1.54, 1.807) is 0 Å². The summed E-state index contributed by atoms with van der Waals surface area (Å²) in [7, 11) is 2.08. The minimum atomic E-state index is -0.144. The molecule has 1 aliphatic carbocycles. The topological polar surface area (TPSA) is 39.6 Å². The fourth-order valence-electron chi connectivity index (χ4n) is 4.06. The molecular weight excluding hydrogens is 274 g/mol. The fourth-order valence-corrected chi connectivity index (χ4v) is 4.06. The molecule has 22 heavy (non-hydrogen) atoms. The largest absolute Gasteiger partial charge is 0.391 e. The maximum atomic E-state index is 10.4. The Morgan fingerprint density at radius 3 is 2.68 bits per heavy atom. The SMILES string of the molecule is CC(C)N(C)c1ccc(CN2CCC(O)C23CCCC3)cn1. The van der Waals surface area contributed by atoms with Gasteiger partial charge in [-0.3, -0.25) is 4.90 Å². The third-order valence-corrected chi connectivity index (χ3v) is 5.71. The van der Waals surface area contributed by atoms with Crippen LogP contribution in [0.5, 0.6) is 0 Å². The molecule has 4 nitrogen and oxygen atoms in total. The van der Waals surface area contributed by atoms with Crippen LogP contribution < -0.4 is 4.90 Å². The van der Waals surface area contributed by atoms with E-state index in [0.29, 0.717) is 6.04 Å². The first-order valence-electron chi connectivity index (χ1n) is 8.64. The summed E-state index contributed by atoms with van der Waals surface area (Å²) in [6.07, 6.45) is 7.58. The van der Waals surface area contributed by atoms with Crippen LogP contribution in [0.3, 0.4) is 0 Å². The summed E-state index contributed by atoms with van der Waals surface area (Å²) in [6, 6.07) is 4.76. The van der Waals surface area contributed by atoms with Crippen molar-refractivity contribution in [3.8, 4) is 0 Å². The molecule has 2 aliphatic rings. The van der Waals surface area contributed by atoms with E-state index in [1.807, 2.05) is 6.20 Å². The highest BCUT2D eigenvalue weighted by molar-refractivity contribution is 5.39. The van der Waals surface area contributed by atoms with Gasteiger partial charge in [-0.2, -0.15) is 0 Å². The summed E-state index contributed by atoms with van der Waals surface area (Å²) >= 11 is 0. The molecule has 0 aromatic carbocycles. The van der Waals surface area contributed by atoms with Crippen LogP contribution in [0.15, 0.2) is 18.3 Å². The number of pyridine rings is 1. The molecule has 0 bridgehead atoms. The number of rotatable bonds is 4. The van der Waals surface area contributed by atoms with Gasteiger partial charge >= 0.3 is 0 Å². The van der Waals surface area contributed by atoms with Gasteiger partial charge in [-0.1, -0.05) is 18.9 Å². The lowest BCUT2D eigenvalue weighted by Gasteiger charge is -2.37. The van der Waals surface area contributed by atoms with Crippen molar-refractivity contribution in [3.05, 3.63) is 23.9 Å². The molecule has 2 heterocycles. The second-order valence-electron chi connectivity index (χ2n) is 7.27. The van der Waals surface area contributed by atoms with Crippen LogP contribution in [-0.4, -0.2) is 46.3 Å². The average Bonchev–Trinajstić information content (AvgIpc) is 3.11. The second kappa shape index (κ2) is 6.17. The van der Waals surface area contributed by atoms with E-state index in [9.17, 15) is 5.11 Å². The highest BCUT2D eigenvalue weighted by atomic mass is 16.3. The molecule has 1 aliphatic heterocycles. The number of nitrogens with zero attached hydrogens (tertiary/aromatic N) is 3. The van der Waals surface area contributed by atoms with Crippen molar-refractivity contribution in [2.45, 2.75) is 70.2 Å². The molecule has 0 amide bonds. The third-order valence-electron chi connectivity index (χ3n) is 5.71. The number of hydrogen-bond donors (Lipinski definition) is 1. The van der Waals surface area contributed by atoms with Crippen molar-refractivity contribution in [2.75, 3.05) is 18.5 Å². The molecule has 3 rings (SSSR count). The molecule has 2 fully saturated rings. The van der Waals surface area contributed by atoms with Crippen LogP contribution in [-0.2, 0) is 6.54 Å². The van der Waals surface area contributed by atoms with Crippen molar-refractivity contribution >= 4 is 5.82 Å². The second-order valence-corrected chi connectivity index (χ2v) is 7.27. The summed E-state index contributed by atoms with van der Waals surface area (Å²) in [5.74, 6) is 1.02. The van der Waals surface area contributed by atoms with Crippen molar-refractivity contribution in [2.24, 2.45) is 0 Å². The van der Waals surface area contributed by atoms with Crippen molar-refractivity contribution in [1.29, 1.82) is 0 Å². The Kier molecular flexibility index (Phi) is 4.42. The highest BCUT2D eigenvalue weighted by Gasteiger charge is 2.49. The van der Waals surface area contributed by atoms with Gasteiger partial charge in [-0.15, -0.1) is 0 Å². The maximum Gasteiger partial charge on any atom is 0.128 e. The van der Waals surface area contributed by atoms with E-state index >= 15 is 0 Å². The number of aliphatic hydroxyl groups is 1. The quantitative estimate of drug-likeness (QED) is 0.928. The molecule has 0 radical (unpaired) electrons. The van der Waals surface area contributed by atoms with Gasteiger partial charge in [0.2, 0.25) is 0 Å². The number of aliphatic hydroxyl groups excluding tert-OH is 1. The highest BCUT2D eigenvalue weighted by Crippen LogP contribution is 2.43. The Bertz CT molecular complexity index is 494. The molecule has 1 saturated carbocycles. The van der Waals surface area contributed by atoms with Gasteiger partial charge in [0.1, 0.15) is 5.82 Å². The summed E-state index contributed by atoms with van der Waals surface area (Å²) in [5, 5.41) is 10.4. The molecular formula is C18H29N3O. The summed E-state index contributed by atoms with van der Waals surface area (Å²) < 4.78 is 0. The fraction of sp³-hybridized carbons (Fsp3) is 0.722. The van der Waals surface area contributed by atoms with Crippen LogP contribution in [0.25, 0.3) is 0 Å². The van der Waals surface area contributed by atoms with E-state index in [1.165, 1.54) is 18.4 Å². The van der Waals surface area contributed by atoms with Crippen molar-refractivity contribution in [3.63, 3.8) is 0 Å². The van der Waals surface area contributed by atoms with E-state index in [0.717, 1.165) is 38.2 Å². The predicted molar refractivity (Wildman–Crippen MR) is 90.0 cm³/mol. The van der Waals surface area contributed by atoms with Crippen LogP contribution in [0, 0.1) is 0 Å². The van der Waals surface area contributed by atoms with Crippen LogP contribution in [0.1, 0.15) is 51.5 Å². The summed E-state index contributed by atoms with van der Waals surface area (Å²) in [4.78, 5) is 9.30. The lowest BCUT2D eigenvalue weighted by atomic mass is 9.91. The van der Waals surface area contributed by atoms with Crippen LogP contribution >= 0.6 is 0 Å². The van der Waals surface area contributed by atoms with Gasteiger partial charge in [0.15, 0.2) is 0 Å². The average molecular weight is 303 g/mol. The Hall–Kier alpha value is -1.13. The molecule has 1 spiro atoms. The van der Waals surface area contributed by atoms with Crippen LogP contribution in [0.2, 0.25) is 0 Å². The third kappa shape index (κ3) is 2.74. The first kappa shape index (κ1) is 15.8. The Balaban J connectivity index is 1.71. The predicted octanol–water partition coefficient (Wildman–Crippen LogP) is 2.81. The molecule has 1 unspecified atom stereocenters. The zero-order chi connectivity index (χ0) is 15.7. The molecule has 4 heteroatoms. The molecule has 1 atom stereocenters. The standard InChI is InChI=1S/C18H29N3O/c1-14(2)20(3)17-7-6-15(12-19-17)13-21-11-8-16(22)18(21)9-4-5-10-18/h6-7,12,14,16,22H,4-5,8-11,13H2,1-3H3. The Labute approximate surface area is 134 Å². The minimum absolute atomic E-state index is 0.0490. The lowest BCUT2D eigenvalue weighted by molar-refractivity contribution is 0.0277. The zero-order valence-corrected chi connectivity index (χ0v) is 14.1. The lowest BCUT2D eigenvalue weighted by Crippen LogP contribution is -2.47. The molecule has 122 valence electrons.